The normalized spacial score (nSPS) is 12.9. The van der Waals surface area contributed by atoms with Gasteiger partial charge in [-0.05, 0) is 6.07 Å². The molecule has 2 aromatic rings. The molecule has 0 aliphatic carbocycles. The van der Waals surface area contributed by atoms with Crippen molar-refractivity contribution in [3.8, 4) is 0 Å². The van der Waals surface area contributed by atoms with E-state index in [4.69, 9.17) is 0 Å². The summed E-state index contributed by atoms with van der Waals surface area (Å²) in [5.74, 6) is 0. The number of halogens is 6. The van der Waals surface area contributed by atoms with Crippen LogP contribution in [0, 0.1) is 0 Å². The van der Waals surface area contributed by atoms with Crippen LogP contribution in [0.3, 0.4) is 0 Å². The fraction of sp³-hybridized carbons (Fsp3) is 0.182. The maximum absolute atomic E-state index is 12.7. The lowest BCUT2D eigenvalue weighted by Crippen LogP contribution is -2.13. The van der Waals surface area contributed by atoms with Crippen LogP contribution in [-0.2, 0) is 12.4 Å². The van der Waals surface area contributed by atoms with Crippen LogP contribution in [0.2, 0.25) is 0 Å². The summed E-state index contributed by atoms with van der Waals surface area (Å²) in [6.07, 6.45) is -9.86. The molecule has 0 aliphatic rings. The van der Waals surface area contributed by atoms with E-state index in [0.717, 1.165) is 12.1 Å². The first-order valence-corrected chi connectivity index (χ1v) is 4.82. The molecule has 2 rings (SSSR count). The summed E-state index contributed by atoms with van der Waals surface area (Å²) in [5, 5.41) is -0.804. The Bertz CT molecular complexity index is 680. The summed E-state index contributed by atoms with van der Waals surface area (Å²) in [7, 11) is 0. The van der Waals surface area contributed by atoms with Gasteiger partial charge in [0, 0.05) is 11.5 Å². The van der Waals surface area contributed by atoms with Crippen LogP contribution in [0.15, 0.2) is 33.5 Å². The Balaban J connectivity index is 2.94. The van der Waals surface area contributed by atoms with Gasteiger partial charge in [0.15, 0.2) is 5.58 Å². The maximum Gasteiger partial charge on any atom is 0.420 e. The maximum atomic E-state index is 12.7. The molecule has 0 fully saturated rings. The minimum Gasteiger partial charge on any atom is -0.422 e. The molecule has 8 heteroatoms. The lowest BCUT2D eigenvalue weighted by atomic mass is 10.1. The standard InChI is InChI=1S/C11H4F6O2/c12-10(13,14)6-3-1-2-5-7(11(15,16)17)4-8(18)19-9(5)6/h1-4H. The van der Waals surface area contributed by atoms with Crippen molar-refractivity contribution >= 4 is 11.0 Å². The van der Waals surface area contributed by atoms with Gasteiger partial charge in [0.2, 0.25) is 0 Å². The fourth-order valence-electron chi connectivity index (χ4n) is 1.64. The first-order chi connectivity index (χ1) is 8.60. The molecule has 1 heterocycles. The van der Waals surface area contributed by atoms with Gasteiger partial charge in [-0.2, -0.15) is 26.3 Å². The van der Waals surface area contributed by atoms with Crippen molar-refractivity contribution in [2.45, 2.75) is 12.4 Å². The number of para-hydroxylation sites is 1. The van der Waals surface area contributed by atoms with Crippen LogP contribution in [-0.4, -0.2) is 0 Å². The zero-order chi connectivity index (χ0) is 14.4. The minimum atomic E-state index is -4.95. The van der Waals surface area contributed by atoms with Crippen LogP contribution < -0.4 is 5.63 Å². The quantitative estimate of drug-likeness (QED) is 0.543. The van der Waals surface area contributed by atoms with Gasteiger partial charge in [-0.1, -0.05) is 12.1 Å². The Labute approximate surface area is 101 Å². The molecule has 0 radical (unpaired) electrons. The van der Waals surface area contributed by atoms with Crippen molar-refractivity contribution in [3.05, 3.63) is 45.8 Å². The lowest BCUT2D eigenvalue weighted by molar-refractivity contribution is -0.139. The monoisotopic (exact) mass is 282 g/mol. The molecule has 0 amide bonds. The van der Waals surface area contributed by atoms with Crippen molar-refractivity contribution in [1.29, 1.82) is 0 Å². The summed E-state index contributed by atoms with van der Waals surface area (Å²) in [4.78, 5) is 11.0. The average molecular weight is 282 g/mol. The van der Waals surface area contributed by atoms with Gasteiger partial charge in [0.1, 0.15) is 0 Å². The van der Waals surface area contributed by atoms with Gasteiger partial charge in [0.05, 0.1) is 11.1 Å². The second-order valence-corrected chi connectivity index (χ2v) is 3.66. The molecule has 19 heavy (non-hydrogen) atoms. The SMILES string of the molecule is O=c1cc(C(F)(F)F)c2cccc(C(F)(F)F)c2o1. The third-order valence-corrected chi connectivity index (χ3v) is 2.38. The Morgan fingerprint density at radius 1 is 0.895 bits per heavy atom. The number of alkyl halides is 6. The van der Waals surface area contributed by atoms with Crippen LogP contribution >= 0.6 is 0 Å². The van der Waals surface area contributed by atoms with E-state index in [1.807, 2.05) is 0 Å². The fourth-order valence-corrected chi connectivity index (χ4v) is 1.64. The molecule has 0 aliphatic heterocycles. The molecule has 0 bridgehead atoms. The van der Waals surface area contributed by atoms with Crippen LogP contribution in [0.1, 0.15) is 11.1 Å². The Kier molecular flexibility index (Phi) is 2.83. The van der Waals surface area contributed by atoms with Gasteiger partial charge in [-0.15, -0.1) is 0 Å². The van der Waals surface area contributed by atoms with Gasteiger partial charge in [-0.25, -0.2) is 4.79 Å². The summed E-state index contributed by atoms with van der Waals surface area (Å²) in [6, 6.07) is 2.31. The van der Waals surface area contributed by atoms with E-state index >= 15 is 0 Å². The van der Waals surface area contributed by atoms with Gasteiger partial charge >= 0.3 is 18.0 Å². The summed E-state index contributed by atoms with van der Waals surface area (Å²) in [6.45, 7) is 0. The number of benzene rings is 1. The molecule has 1 aromatic carbocycles. The molecule has 0 spiro atoms. The predicted molar refractivity (Wildman–Crippen MR) is 52.5 cm³/mol. The van der Waals surface area contributed by atoms with Gasteiger partial charge in [0.25, 0.3) is 0 Å². The van der Waals surface area contributed by atoms with Crippen molar-refractivity contribution in [1.82, 2.24) is 0 Å². The van der Waals surface area contributed by atoms with Crippen LogP contribution in [0.5, 0.6) is 0 Å². The third kappa shape index (κ3) is 2.42. The van der Waals surface area contributed by atoms with Crippen LogP contribution in [0.25, 0.3) is 11.0 Å². The third-order valence-electron chi connectivity index (χ3n) is 2.38. The average Bonchev–Trinajstić information content (AvgIpc) is 2.24. The second-order valence-electron chi connectivity index (χ2n) is 3.66. The van der Waals surface area contributed by atoms with Gasteiger partial charge < -0.3 is 4.42 Å². The number of rotatable bonds is 0. The highest BCUT2D eigenvalue weighted by molar-refractivity contribution is 5.84. The number of fused-ring (bicyclic) bond motifs is 1. The molecule has 0 atom stereocenters. The topological polar surface area (TPSA) is 30.2 Å². The van der Waals surface area contributed by atoms with E-state index in [1.54, 1.807) is 0 Å². The van der Waals surface area contributed by atoms with Crippen molar-refractivity contribution in [2.75, 3.05) is 0 Å². The zero-order valence-electron chi connectivity index (χ0n) is 8.89. The molecule has 0 N–H and O–H groups in total. The van der Waals surface area contributed by atoms with Gasteiger partial charge in [-0.3, -0.25) is 0 Å². The molecule has 102 valence electrons. The van der Waals surface area contributed by atoms with Crippen molar-refractivity contribution in [3.63, 3.8) is 0 Å². The van der Waals surface area contributed by atoms with E-state index < -0.39 is 40.1 Å². The Hall–Kier alpha value is -1.99. The van der Waals surface area contributed by atoms with Crippen LogP contribution in [0.4, 0.5) is 26.3 Å². The summed E-state index contributed by atoms with van der Waals surface area (Å²) < 4.78 is 80.2. The molecule has 0 saturated heterocycles. The highest BCUT2D eigenvalue weighted by Crippen LogP contribution is 2.39. The van der Waals surface area contributed by atoms with E-state index in [0.29, 0.717) is 6.07 Å². The first-order valence-electron chi connectivity index (χ1n) is 4.82. The first kappa shape index (κ1) is 13.4. The van der Waals surface area contributed by atoms with E-state index in [1.165, 1.54) is 0 Å². The Morgan fingerprint density at radius 2 is 1.47 bits per heavy atom. The predicted octanol–water partition coefficient (Wildman–Crippen LogP) is 3.83. The van der Waals surface area contributed by atoms with E-state index in [-0.39, 0.29) is 6.07 Å². The molecule has 0 saturated carbocycles. The minimum absolute atomic E-state index is 0.127. The molecular weight excluding hydrogens is 278 g/mol. The summed E-state index contributed by atoms with van der Waals surface area (Å²) in [5.41, 5.74) is -5.48. The highest BCUT2D eigenvalue weighted by Gasteiger charge is 2.38. The largest absolute Gasteiger partial charge is 0.422 e. The smallest absolute Gasteiger partial charge is 0.420 e. The zero-order valence-corrected chi connectivity index (χ0v) is 8.89. The summed E-state index contributed by atoms with van der Waals surface area (Å²) >= 11 is 0. The van der Waals surface area contributed by atoms with E-state index in [9.17, 15) is 31.1 Å². The second kappa shape index (κ2) is 4.01. The lowest BCUT2D eigenvalue weighted by Gasteiger charge is -2.12. The number of hydrogen-bond acceptors (Lipinski definition) is 2. The van der Waals surface area contributed by atoms with Crippen molar-refractivity contribution in [2.24, 2.45) is 0 Å². The molecule has 1 aromatic heterocycles. The molecule has 2 nitrogen and oxygen atoms in total. The van der Waals surface area contributed by atoms with E-state index in [2.05, 4.69) is 4.42 Å². The highest BCUT2D eigenvalue weighted by atomic mass is 19.4. The Morgan fingerprint density at radius 3 is 2.00 bits per heavy atom. The van der Waals surface area contributed by atoms with Crippen molar-refractivity contribution < 1.29 is 30.8 Å². The molecule has 0 unspecified atom stereocenters. The number of hydrogen-bond donors (Lipinski definition) is 0. The molecular formula is C11H4F6O2.